The fourth-order valence-electron chi connectivity index (χ4n) is 8.89. The maximum Gasteiger partial charge on any atom is 0.242 e. The summed E-state index contributed by atoms with van der Waals surface area (Å²) in [7, 11) is 0. The Morgan fingerprint density at radius 1 is 0.972 bits per heavy atom. The van der Waals surface area contributed by atoms with Crippen LogP contribution >= 0.6 is 0 Å². The minimum absolute atomic E-state index is 0.0113. The number of nitrogens with one attached hydrogen (secondary N) is 1. The molecule has 7 heteroatoms. The van der Waals surface area contributed by atoms with Gasteiger partial charge in [-0.2, -0.15) is 0 Å². The SMILES string of the molecule is O=C(NCC1(c2ccc3c(c2)OCO3)CCOCC1)C1CCCN1C(=O)C12CC3CC(CC(C3)C1)C2. The second-order valence-electron chi connectivity index (χ2n) is 12.5. The molecular formula is C29H38N2O5. The van der Waals surface area contributed by atoms with Gasteiger partial charge in [-0.1, -0.05) is 6.07 Å². The lowest BCUT2D eigenvalue weighted by Crippen LogP contribution is -2.57. The summed E-state index contributed by atoms with van der Waals surface area (Å²) in [5.41, 5.74) is 0.761. The highest BCUT2D eigenvalue weighted by Crippen LogP contribution is 2.60. The van der Waals surface area contributed by atoms with Gasteiger partial charge in [-0.25, -0.2) is 0 Å². The molecule has 2 saturated heterocycles. The highest BCUT2D eigenvalue weighted by molar-refractivity contribution is 5.91. The Morgan fingerprint density at radius 3 is 2.39 bits per heavy atom. The molecule has 1 atom stereocenters. The average Bonchev–Trinajstić information content (AvgIpc) is 3.56. The Kier molecular flexibility index (Phi) is 5.49. The Balaban J connectivity index is 1.07. The van der Waals surface area contributed by atoms with Crippen LogP contribution in [0.3, 0.4) is 0 Å². The van der Waals surface area contributed by atoms with Crippen LogP contribution in [0.5, 0.6) is 11.5 Å². The van der Waals surface area contributed by atoms with Crippen LogP contribution in [-0.2, 0) is 19.7 Å². The topological polar surface area (TPSA) is 77.1 Å². The number of carbonyl (C=O) groups excluding carboxylic acids is 2. The minimum Gasteiger partial charge on any atom is -0.454 e. The lowest BCUT2D eigenvalue weighted by Gasteiger charge is -2.56. The molecule has 3 aliphatic heterocycles. The summed E-state index contributed by atoms with van der Waals surface area (Å²) in [5.74, 6) is 4.02. The summed E-state index contributed by atoms with van der Waals surface area (Å²) in [5, 5.41) is 3.30. The van der Waals surface area contributed by atoms with E-state index in [1.807, 2.05) is 11.0 Å². The van der Waals surface area contributed by atoms with Crippen LogP contribution in [0.2, 0.25) is 0 Å². The van der Waals surface area contributed by atoms with E-state index in [4.69, 9.17) is 14.2 Å². The number of rotatable bonds is 5. The van der Waals surface area contributed by atoms with Gasteiger partial charge in [-0.3, -0.25) is 9.59 Å². The zero-order valence-electron chi connectivity index (χ0n) is 21.1. The van der Waals surface area contributed by atoms with Gasteiger partial charge in [0.15, 0.2) is 11.5 Å². The number of carbonyl (C=O) groups is 2. The van der Waals surface area contributed by atoms with Crippen molar-refractivity contribution in [1.82, 2.24) is 10.2 Å². The van der Waals surface area contributed by atoms with Crippen molar-refractivity contribution in [2.75, 3.05) is 33.1 Å². The largest absolute Gasteiger partial charge is 0.454 e. The van der Waals surface area contributed by atoms with Crippen LogP contribution < -0.4 is 14.8 Å². The van der Waals surface area contributed by atoms with Crippen molar-refractivity contribution in [1.29, 1.82) is 0 Å². The molecule has 0 aromatic heterocycles. The molecule has 0 radical (unpaired) electrons. The standard InChI is InChI=1S/C29H38N2O5/c32-26(30-17-28(5-8-34-9-6-28)22-3-4-24-25(13-22)36-18-35-24)23-2-1-7-31(23)27(33)29-14-19-10-20(15-29)12-21(11-19)16-29/h3-4,13,19-21,23H,1-2,5-12,14-18H2,(H,30,32). The van der Waals surface area contributed by atoms with E-state index in [0.717, 1.165) is 86.3 Å². The first-order chi connectivity index (χ1) is 17.5. The molecule has 3 heterocycles. The van der Waals surface area contributed by atoms with Crippen LogP contribution in [0.1, 0.15) is 69.8 Å². The van der Waals surface area contributed by atoms with Crippen molar-refractivity contribution < 1.29 is 23.8 Å². The van der Waals surface area contributed by atoms with Crippen molar-refractivity contribution in [2.45, 2.75) is 75.7 Å². The number of likely N-dealkylation sites (tertiary alicyclic amines) is 1. The van der Waals surface area contributed by atoms with E-state index in [0.29, 0.717) is 19.8 Å². The quantitative estimate of drug-likeness (QED) is 0.674. The fourth-order valence-corrected chi connectivity index (χ4v) is 8.89. The number of hydrogen-bond donors (Lipinski definition) is 1. The Labute approximate surface area is 213 Å². The van der Waals surface area contributed by atoms with Gasteiger partial charge in [0.1, 0.15) is 6.04 Å². The molecule has 1 aromatic rings. The number of fused-ring (bicyclic) bond motifs is 1. The van der Waals surface area contributed by atoms with Crippen LogP contribution in [0, 0.1) is 23.2 Å². The fraction of sp³-hybridized carbons (Fsp3) is 0.724. The molecule has 36 heavy (non-hydrogen) atoms. The van der Waals surface area contributed by atoms with E-state index in [9.17, 15) is 9.59 Å². The molecule has 1 unspecified atom stereocenters. The number of hydrogen-bond acceptors (Lipinski definition) is 5. The maximum atomic E-state index is 14.0. The minimum atomic E-state index is -0.334. The van der Waals surface area contributed by atoms with Gasteiger partial charge in [-0.05, 0) is 99.7 Å². The highest BCUT2D eigenvalue weighted by atomic mass is 16.7. The van der Waals surface area contributed by atoms with Gasteiger partial charge < -0.3 is 24.4 Å². The van der Waals surface area contributed by atoms with Crippen LogP contribution in [-0.4, -0.2) is 55.9 Å². The number of amides is 2. The molecule has 4 bridgehead atoms. The Hall–Kier alpha value is -2.28. The second-order valence-corrected chi connectivity index (χ2v) is 12.5. The molecule has 1 N–H and O–H groups in total. The predicted octanol–water partition coefficient (Wildman–Crippen LogP) is 3.79. The van der Waals surface area contributed by atoms with Crippen molar-refractivity contribution in [2.24, 2.45) is 23.2 Å². The van der Waals surface area contributed by atoms with E-state index >= 15 is 0 Å². The van der Waals surface area contributed by atoms with Gasteiger partial charge in [-0.15, -0.1) is 0 Å². The van der Waals surface area contributed by atoms with Crippen molar-refractivity contribution in [3.63, 3.8) is 0 Å². The molecule has 8 rings (SSSR count). The first-order valence-corrected chi connectivity index (χ1v) is 14.1. The average molecular weight is 495 g/mol. The van der Waals surface area contributed by atoms with Gasteiger partial charge in [0.25, 0.3) is 0 Å². The molecule has 4 saturated carbocycles. The molecule has 7 aliphatic rings. The molecule has 4 aliphatic carbocycles. The van der Waals surface area contributed by atoms with E-state index in [2.05, 4.69) is 17.4 Å². The van der Waals surface area contributed by atoms with Crippen molar-refractivity contribution in [3.05, 3.63) is 23.8 Å². The zero-order valence-corrected chi connectivity index (χ0v) is 21.1. The van der Waals surface area contributed by atoms with Gasteiger partial charge >= 0.3 is 0 Å². The normalized spacial score (nSPS) is 35.7. The summed E-state index contributed by atoms with van der Waals surface area (Å²) < 4.78 is 16.8. The second kappa shape index (κ2) is 8.64. The van der Waals surface area contributed by atoms with E-state index in [1.54, 1.807) is 0 Å². The smallest absolute Gasteiger partial charge is 0.242 e. The van der Waals surface area contributed by atoms with Gasteiger partial charge in [0.05, 0.1) is 5.41 Å². The number of ether oxygens (including phenoxy) is 3. The number of nitrogens with zero attached hydrogens (tertiary/aromatic N) is 1. The maximum absolute atomic E-state index is 14.0. The summed E-state index contributed by atoms with van der Waals surface area (Å²) in [6, 6.07) is 5.81. The van der Waals surface area contributed by atoms with Crippen LogP contribution in [0.15, 0.2) is 18.2 Å². The monoisotopic (exact) mass is 494 g/mol. The first-order valence-electron chi connectivity index (χ1n) is 14.1. The predicted molar refractivity (Wildman–Crippen MR) is 133 cm³/mol. The summed E-state index contributed by atoms with van der Waals surface area (Å²) in [6.07, 6.45) is 10.5. The van der Waals surface area contributed by atoms with E-state index in [-0.39, 0.29) is 35.5 Å². The van der Waals surface area contributed by atoms with Crippen LogP contribution in [0.25, 0.3) is 0 Å². The van der Waals surface area contributed by atoms with Crippen molar-refractivity contribution in [3.8, 4) is 11.5 Å². The molecule has 2 amide bonds. The van der Waals surface area contributed by atoms with E-state index < -0.39 is 0 Å². The van der Waals surface area contributed by atoms with Crippen molar-refractivity contribution >= 4 is 11.8 Å². The van der Waals surface area contributed by atoms with E-state index in [1.165, 1.54) is 19.3 Å². The molecule has 6 fully saturated rings. The third-order valence-corrected chi connectivity index (χ3v) is 10.3. The Morgan fingerprint density at radius 2 is 1.67 bits per heavy atom. The molecule has 0 spiro atoms. The zero-order chi connectivity index (χ0) is 24.3. The molecule has 1 aromatic carbocycles. The highest BCUT2D eigenvalue weighted by Gasteiger charge is 2.57. The molecule has 7 nitrogen and oxygen atoms in total. The molecular weight excluding hydrogens is 456 g/mol. The Bertz CT molecular complexity index is 1010. The van der Waals surface area contributed by atoms with Crippen LogP contribution in [0.4, 0.5) is 0 Å². The lowest BCUT2D eigenvalue weighted by atomic mass is 9.49. The summed E-state index contributed by atoms with van der Waals surface area (Å²) >= 11 is 0. The van der Waals surface area contributed by atoms with Gasteiger partial charge in [0.2, 0.25) is 18.6 Å². The third-order valence-electron chi connectivity index (χ3n) is 10.3. The van der Waals surface area contributed by atoms with Gasteiger partial charge in [0, 0.05) is 31.7 Å². The lowest BCUT2D eigenvalue weighted by molar-refractivity contribution is -0.160. The molecule has 194 valence electrons. The summed E-state index contributed by atoms with van der Waals surface area (Å²) in [4.78, 5) is 29.6. The first kappa shape index (κ1) is 22.9. The third kappa shape index (κ3) is 3.72. The summed E-state index contributed by atoms with van der Waals surface area (Å²) in [6.45, 7) is 2.86. The number of benzene rings is 1.